The number of rotatable bonds is 4. The second kappa shape index (κ2) is 6.48. The molecule has 6 nitrogen and oxygen atoms in total. The molecule has 6 heteroatoms. The molecule has 2 N–H and O–H groups in total. The molecule has 0 unspecified atom stereocenters. The van der Waals surface area contributed by atoms with E-state index in [1.54, 1.807) is 42.8 Å². The minimum Gasteiger partial charge on any atom is -0.481 e. The molecule has 3 rings (SSSR count). The number of nitrogens with one attached hydrogen (secondary N) is 1. The van der Waals surface area contributed by atoms with E-state index in [2.05, 4.69) is 10.3 Å². The van der Waals surface area contributed by atoms with Gasteiger partial charge in [-0.3, -0.25) is 14.6 Å². The summed E-state index contributed by atoms with van der Waals surface area (Å²) < 4.78 is 5.27. The molecular weight excluding hydrogens is 296 g/mol. The minimum absolute atomic E-state index is 0.263. The number of pyridine rings is 1. The number of aliphatic carboxylic acids is 1. The molecule has 2 atom stereocenters. The first-order valence-corrected chi connectivity index (χ1v) is 7.34. The average Bonchev–Trinajstić information content (AvgIpc) is 3.10. The molecule has 2 aromatic heterocycles. The average molecular weight is 312 g/mol. The standard InChI is InChI=1S/C17H16N2O4/c20-16(19-13-4-1-3-12(9-13)17(21)22)11-6-7-18-14(10-11)15-5-2-8-23-15/h1-2,4-8,10,12-13H,3,9H2,(H,19,20)(H,21,22)/t12-,13-/m1/s1. The molecule has 2 heterocycles. The van der Waals surface area contributed by atoms with Gasteiger partial charge in [-0.1, -0.05) is 12.2 Å². The Hall–Kier alpha value is -2.89. The van der Waals surface area contributed by atoms with Gasteiger partial charge in [0, 0.05) is 17.8 Å². The fourth-order valence-corrected chi connectivity index (χ4v) is 2.58. The normalized spacial score (nSPS) is 20.2. The molecule has 0 saturated heterocycles. The lowest BCUT2D eigenvalue weighted by atomic mass is 9.91. The van der Waals surface area contributed by atoms with Gasteiger partial charge in [-0.25, -0.2) is 0 Å². The van der Waals surface area contributed by atoms with Crippen LogP contribution in [-0.2, 0) is 4.79 Å². The zero-order chi connectivity index (χ0) is 16.2. The van der Waals surface area contributed by atoms with Gasteiger partial charge in [0.05, 0.1) is 12.2 Å². The van der Waals surface area contributed by atoms with Crippen molar-refractivity contribution in [3.63, 3.8) is 0 Å². The lowest BCUT2D eigenvalue weighted by Gasteiger charge is -2.22. The molecule has 0 aliphatic heterocycles. The highest BCUT2D eigenvalue weighted by atomic mass is 16.4. The molecule has 1 aliphatic carbocycles. The third kappa shape index (κ3) is 3.48. The summed E-state index contributed by atoms with van der Waals surface area (Å²) in [6.45, 7) is 0. The number of carboxylic acids is 1. The quantitative estimate of drug-likeness (QED) is 0.846. The Bertz CT molecular complexity index is 737. The van der Waals surface area contributed by atoms with Gasteiger partial charge in [0.1, 0.15) is 5.69 Å². The van der Waals surface area contributed by atoms with Crippen LogP contribution in [0.15, 0.2) is 53.3 Å². The number of hydrogen-bond donors (Lipinski definition) is 2. The van der Waals surface area contributed by atoms with Crippen molar-refractivity contribution in [3.05, 3.63) is 54.4 Å². The number of carbonyl (C=O) groups is 2. The van der Waals surface area contributed by atoms with E-state index in [-0.39, 0.29) is 11.9 Å². The smallest absolute Gasteiger partial charge is 0.306 e. The van der Waals surface area contributed by atoms with Crippen LogP contribution in [-0.4, -0.2) is 28.0 Å². The fourth-order valence-electron chi connectivity index (χ4n) is 2.58. The number of carbonyl (C=O) groups excluding carboxylic acids is 1. The molecule has 0 radical (unpaired) electrons. The predicted octanol–water partition coefficient (Wildman–Crippen LogP) is 2.49. The van der Waals surface area contributed by atoms with Crippen LogP contribution in [0.2, 0.25) is 0 Å². The lowest BCUT2D eigenvalue weighted by molar-refractivity contribution is -0.142. The summed E-state index contributed by atoms with van der Waals surface area (Å²) in [7, 11) is 0. The van der Waals surface area contributed by atoms with E-state index in [0.29, 0.717) is 29.9 Å². The lowest BCUT2D eigenvalue weighted by Crippen LogP contribution is -2.37. The van der Waals surface area contributed by atoms with Gasteiger partial charge in [0.2, 0.25) is 0 Å². The third-order valence-electron chi connectivity index (χ3n) is 3.79. The molecular formula is C17H16N2O4. The van der Waals surface area contributed by atoms with Crippen molar-refractivity contribution in [1.29, 1.82) is 0 Å². The molecule has 23 heavy (non-hydrogen) atoms. The van der Waals surface area contributed by atoms with Crippen LogP contribution in [0.4, 0.5) is 0 Å². The first-order valence-electron chi connectivity index (χ1n) is 7.34. The number of carboxylic acid groups (broad SMARTS) is 1. The van der Waals surface area contributed by atoms with Gasteiger partial charge in [0.25, 0.3) is 5.91 Å². The van der Waals surface area contributed by atoms with E-state index in [1.165, 1.54) is 0 Å². The first-order chi connectivity index (χ1) is 11.1. The molecule has 0 saturated carbocycles. The molecule has 1 amide bonds. The van der Waals surface area contributed by atoms with Crippen LogP contribution in [0.1, 0.15) is 23.2 Å². The Balaban J connectivity index is 1.71. The molecule has 118 valence electrons. The van der Waals surface area contributed by atoms with E-state index in [9.17, 15) is 9.59 Å². The maximum atomic E-state index is 12.4. The highest BCUT2D eigenvalue weighted by molar-refractivity contribution is 5.95. The summed E-state index contributed by atoms with van der Waals surface area (Å²) in [6, 6.07) is 6.50. The van der Waals surface area contributed by atoms with Crippen LogP contribution in [0.3, 0.4) is 0 Å². The number of amides is 1. The summed E-state index contributed by atoms with van der Waals surface area (Å²) in [5.41, 5.74) is 1.03. The Morgan fingerprint density at radius 2 is 2.22 bits per heavy atom. The van der Waals surface area contributed by atoms with E-state index >= 15 is 0 Å². The molecule has 0 bridgehead atoms. The van der Waals surface area contributed by atoms with Gasteiger partial charge < -0.3 is 14.8 Å². The molecule has 0 aromatic carbocycles. The highest BCUT2D eigenvalue weighted by Crippen LogP contribution is 2.20. The first kappa shape index (κ1) is 15.0. The number of furan rings is 1. The number of aromatic nitrogens is 1. The summed E-state index contributed by atoms with van der Waals surface area (Å²) in [6.07, 6.45) is 7.62. The van der Waals surface area contributed by atoms with E-state index < -0.39 is 11.9 Å². The Morgan fingerprint density at radius 3 is 2.96 bits per heavy atom. The topological polar surface area (TPSA) is 92.4 Å². The van der Waals surface area contributed by atoms with Crippen molar-refractivity contribution in [1.82, 2.24) is 10.3 Å². The third-order valence-corrected chi connectivity index (χ3v) is 3.79. The largest absolute Gasteiger partial charge is 0.481 e. The fraction of sp³-hybridized carbons (Fsp3) is 0.235. The summed E-state index contributed by atoms with van der Waals surface area (Å²) in [5.74, 6) is -0.969. The van der Waals surface area contributed by atoms with Gasteiger partial charge in [-0.2, -0.15) is 0 Å². The van der Waals surface area contributed by atoms with E-state index in [4.69, 9.17) is 9.52 Å². The Labute approximate surface area is 132 Å². The predicted molar refractivity (Wildman–Crippen MR) is 82.7 cm³/mol. The van der Waals surface area contributed by atoms with Gasteiger partial charge in [0.15, 0.2) is 5.76 Å². The van der Waals surface area contributed by atoms with Crippen LogP contribution >= 0.6 is 0 Å². The van der Waals surface area contributed by atoms with Crippen molar-refractivity contribution < 1.29 is 19.1 Å². The Morgan fingerprint density at radius 1 is 1.35 bits per heavy atom. The second-order valence-electron chi connectivity index (χ2n) is 5.42. The minimum atomic E-state index is -0.836. The maximum absolute atomic E-state index is 12.4. The SMILES string of the molecule is O=C(N[C@@H]1C=CC[C@@H](C(=O)O)C1)c1ccnc(-c2ccco2)c1. The number of hydrogen-bond acceptors (Lipinski definition) is 4. The second-order valence-corrected chi connectivity index (χ2v) is 5.42. The van der Waals surface area contributed by atoms with E-state index in [1.807, 2.05) is 6.08 Å². The monoisotopic (exact) mass is 312 g/mol. The van der Waals surface area contributed by atoms with Crippen LogP contribution in [0.5, 0.6) is 0 Å². The molecule has 1 aliphatic rings. The zero-order valence-electron chi connectivity index (χ0n) is 12.3. The van der Waals surface area contributed by atoms with Crippen molar-refractivity contribution >= 4 is 11.9 Å². The van der Waals surface area contributed by atoms with Crippen molar-refractivity contribution in [2.24, 2.45) is 5.92 Å². The van der Waals surface area contributed by atoms with Crippen LogP contribution < -0.4 is 5.32 Å². The van der Waals surface area contributed by atoms with E-state index in [0.717, 1.165) is 0 Å². The van der Waals surface area contributed by atoms with Crippen LogP contribution in [0.25, 0.3) is 11.5 Å². The van der Waals surface area contributed by atoms with Gasteiger partial charge >= 0.3 is 5.97 Å². The van der Waals surface area contributed by atoms with Crippen molar-refractivity contribution in [3.8, 4) is 11.5 Å². The number of nitrogens with zero attached hydrogens (tertiary/aromatic N) is 1. The highest BCUT2D eigenvalue weighted by Gasteiger charge is 2.24. The summed E-state index contributed by atoms with van der Waals surface area (Å²) in [4.78, 5) is 27.6. The van der Waals surface area contributed by atoms with Gasteiger partial charge in [-0.15, -0.1) is 0 Å². The molecule has 0 fully saturated rings. The summed E-state index contributed by atoms with van der Waals surface area (Å²) >= 11 is 0. The zero-order valence-corrected chi connectivity index (χ0v) is 12.3. The van der Waals surface area contributed by atoms with Crippen LogP contribution in [0, 0.1) is 5.92 Å². The van der Waals surface area contributed by atoms with Crippen molar-refractivity contribution in [2.45, 2.75) is 18.9 Å². The number of allylic oxidation sites excluding steroid dienone is 1. The van der Waals surface area contributed by atoms with Crippen molar-refractivity contribution in [2.75, 3.05) is 0 Å². The molecule has 0 spiro atoms. The summed E-state index contributed by atoms with van der Waals surface area (Å²) in [5, 5.41) is 11.9. The van der Waals surface area contributed by atoms with Gasteiger partial charge in [-0.05, 0) is 37.1 Å². The molecule has 2 aromatic rings. The Kier molecular flexibility index (Phi) is 4.23. The maximum Gasteiger partial charge on any atom is 0.306 e.